The summed E-state index contributed by atoms with van der Waals surface area (Å²) in [5.41, 5.74) is -0.768. The molecule has 0 atom stereocenters. The lowest BCUT2D eigenvalue weighted by molar-refractivity contribution is -0.384. The van der Waals surface area contributed by atoms with Gasteiger partial charge in [-0.3, -0.25) is 14.9 Å². The van der Waals surface area contributed by atoms with Crippen LogP contribution in [0.4, 0.5) is 5.69 Å². The number of carboxylic acid groups (broad SMARTS) is 1. The topological polar surface area (TPSA) is 119 Å². The summed E-state index contributed by atoms with van der Waals surface area (Å²) in [6.07, 6.45) is 3.06. The van der Waals surface area contributed by atoms with Gasteiger partial charge in [0.05, 0.1) is 10.5 Å². The number of hydrogen-bond donors (Lipinski definition) is 2. The number of hydrogen-bond acceptors (Lipinski definition) is 5. The van der Waals surface area contributed by atoms with Crippen LogP contribution in [0.3, 0.4) is 0 Å². The lowest BCUT2D eigenvalue weighted by Gasteiger charge is -2.07. The SMILES string of the molecule is O=C(O)c1cc(C(=O)NCCCOCC2CC2)cc([N+](=O)[O-])c1. The van der Waals surface area contributed by atoms with Crippen LogP contribution in [0.1, 0.15) is 40.0 Å². The average molecular weight is 322 g/mol. The third-order valence-corrected chi connectivity index (χ3v) is 3.44. The summed E-state index contributed by atoms with van der Waals surface area (Å²) in [6, 6.07) is 3.10. The standard InChI is InChI=1S/C15H18N2O6/c18-14(16-4-1-5-23-9-10-2-3-10)11-6-12(15(19)20)8-13(7-11)17(21)22/h6-8,10H,1-5,9H2,(H,16,18)(H,19,20). The number of nitro benzene ring substituents is 1. The third-order valence-electron chi connectivity index (χ3n) is 3.44. The zero-order chi connectivity index (χ0) is 16.8. The third kappa shape index (κ3) is 5.33. The van der Waals surface area contributed by atoms with E-state index in [2.05, 4.69) is 5.32 Å². The van der Waals surface area contributed by atoms with Crippen LogP contribution >= 0.6 is 0 Å². The van der Waals surface area contributed by atoms with Gasteiger partial charge in [-0.05, 0) is 31.2 Å². The van der Waals surface area contributed by atoms with Crippen molar-refractivity contribution in [3.05, 3.63) is 39.4 Å². The number of aromatic carboxylic acids is 1. The molecule has 0 aromatic heterocycles. The number of non-ortho nitro benzene ring substituents is 1. The van der Waals surface area contributed by atoms with Crippen LogP contribution in [0.15, 0.2) is 18.2 Å². The minimum Gasteiger partial charge on any atom is -0.478 e. The molecule has 1 aromatic carbocycles. The van der Waals surface area contributed by atoms with E-state index in [1.165, 1.54) is 12.8 Å². The van der Waals surface area contributed by atoms with E-state index < -0.39 is 22.5 Å². The molecule has 0 unspecified atom stereocenters. The minimum absolute atomic E-state index is 0.0458. The Kier molecular flexibility index (Phi) is 5.64. The maximum Gasteiger partial charge on any atom is 0.335 e. The number of carboxylic acids is 1. The molecule has 0 radical (unpaired) electrons. The Hall–Kier alpha value is -2.48. The van der Waals surface area contributed by atoms with Crippen LogP contribution in [0.25, 0.3) is 0 Å². The van der Waals surface area contributed by atoms with Crippen molar-refractivity contribution in [1.29, 1.82) is 0 Å². The predicted molar refractivity (Wildman–Crippen MR) is 80.5 cm³/mol. The van der Waals surface area contributed by atoms with Gasteiger partial charge in [-0.1, -0.05) is 0 Å². The first-order chi connectivity index (χ1) is 11.0. The van der Waals surface area contributed by atoms with Gasteiger partial charge in [-0.15, -0.1) is 0 Å². The second kappa shape index (κ2) is 7.68. The van der Waals surface area contributed by atoms with Crippen molar-refractivity contribution in [3.63, 3.8) is 0 Å². The summed E-state index contributed by atoms with van der Waals surface area (Å²) < 4.78 is 5.43. The number of ether oxygens (including phenoxy) is 1. The largest absolute Gasteiger partial charge is 0.478 e. The van der Waals surface area contributed by atoms with E-state index in [0.717, 1.165) is 24.8 Å². The van der Waals surface area contributed by atoms with Crippen molar-refractivity contribution in [3.8, 4) is 0 Å². The Balaban J connectivity index is 1.86. The Labute approximate surface area is 132 Å². The number of carbonyl (C=O) groups excluding carboxylic acids is 1. The van der Waals surface area contributed by atoms with Crippen molar-refractivity contribution in [2.45, 2.75) is 19.3 Å². The Morgan fingerprint density at radius 1 is 1.30 bits per heavy atom. The number of nitrogens with zero attached hydrogens (tertiary/aromatic N) is 1. The number of nitrogens with one attached hydrogen (secondary N) is 1. The molecule has 1 fully saturated rings. The zero-order valence-corrected chi connectivity index (χ0v) is 12.5. The normalized spacial score (nSPS) is 13.6. The van der Waals surface area contributed by atoms with Crippen LogP contribution in [0.2, 0.25) is 0 Å². The highest BCUT2D eigenvalue weighted by Gasteiger charge is 2.21. The van der Waals surface area contributed by atoms with Crippen molar-refractivity contribution in [2.75, 3.05) is 19.8 Å². The van der Waals surface area contributed by atoms with Crippen LogP contribution in [0.5, 0.6) is 0 Å². The Morgan fingerprint density at radius 2 is 2.00 bits per heavy atom. The molecule has 8 nitrogen and oxygen atoms in total. The molecule has 1 aromatic rings. The van der Waals surface area contributed by atoms with Crippen molar-refractivity contribution >= 4 is 17.6 Å². The van der Waals surface area contributed by atoms with Crippen LogP contribution < -0.4 is 5.32 Å². The summed E-state index contributed by atoms with van der Waals surface area (Å²) in [5.74, 6) is -1.18. The molecule has 0 heterocycles. The lowest BCUT2D eigenvalue weighted by Crippen LogP contribution is -2.25. The van der Waals surface area contributed by atoms with Gasteiger partial charge >= 0.3 is 5.97 Å². The number of benzene rings is 1. The van der Waals surface area contributed by atoms with Crippen molar-refractivity contribution in [2.24, 2.45) is 5.92 Å². The maximum atomic E-state index is 12.0. The van der Waals surface area contributed by atoms with Gasteiger partial charge in [-0.2, -0.15) is 0 Å². The van der Waals surface area contributed by atoms with Gasteiger partial charge in [0, 0.05) is 37.5 Å². The molecule has 1 aliphatic carbocycles. The average Bonchev–Trinajstić information content (AvgIpc) is 3.34. The molecule has 2 rings (SSSR count). The number of amides is 1. The van der Waals surface area contributed by atoms with E-state index in [9.17, 15) is 19.7 Å². The fourth-order valence-electron chi connectivity index (χ4n) is 1.98. The highest BCUT2D eigenvalue weighted by Crippen LogP contribution is 2.28. The predicted octanol–water partition coefficient (Wildman–Crippen LogP) is 1.84. The lowest BCUT2D eigenvalue weighted by atomic mass is 10.1. The second-order valence-corrected chi connectivity index (χ2v) is 5.46. The van der Waals surface area contributed by atoms with E-state index in [-0.39, 0.29) is 11.1 Å². The molecule has 0 bridgehead atoms. The van der Waals surface area contributed by atoms with E-state index in [0.29, 0.717) is 25.5 Å². The molecule has 1 saturated carbocycles. The quantitative estimate of drug-likeness (QED) is 0.407. The van der Waals surface area contributed by atoms with E-state index in [1.807, 2.05) is 0 Å². The maximum absolute atomic E-state index is 12.0. The first-order valence-electron chi connectivity index (χ1n) is 7.36. The fraction of sp³-hybridized carbons (Fsp3) is 0.467. The molecular weight excluding hydrogens is 304 g/mol. The molecule has 0 saturated heterocycles. The fourth-order valence-corrected chi connectivity index (χ4v) is 1.98. The monoisotopic (exact) mass is 322 g/mol. The number of rotatable bonds is 9. The molecule has 0 spiro atoms. The molecule has 2 N–H and O–H groups in total. The molecule has 0 aliphatic heterocycles. The second-order valence-electron chi connectivity index (χ2n) is 5.46. The van der Waals surface area contributed by atoms with E-state index in [1.54, 1.807) is 0 Å². The summed E-state index contributed by atoms with van der Waals surface area (Å²) in [7, 11) is 0. The van der Waals surface area contributed by atoms with E-state index >= 15 is 0 Å². The van der Waals surface area contributed by atoms with Gasteiger partial charge in [0.1, 0.15) is 0 Å². The number of nitro groups is 1. The van der Waals surface area contributed by atoms with E-state index in [4.69, 9.17) is 9.84 Å². The van der Waals surface area contributed by atoms with Crippen LogP contribution in [-0.4, -0.2) is 41.7 Å². The Bertz CT molecular complexity index is 580. The summed E-state index contributed by atoms with van der Waals surface area (Å²) in [5, 5.41) is 22.4. The molecule has 8 heteroatoms. The zero-order valence-electron chi connectivity index (χ0n) is 12.5. The highest BCUT2D eigenvalue weighted by atomic mass is 16.6. The molecule has 124 valence electrons. The summed E-state index contributed by atoms with van der Waals surface area (Å²) in [6.45, 7) is 1.64. The van der Waals surface area contributed by atoms with Crippen molar-refractivity contribution < 1.29 is 24.4 Å². The van der Waals surface area contributed by atoms with Gasteiger partial charge in [-0.25, -0.2) is 4.79 Å². The summed E-state index contributed by atoms with van der Waals surface area (Å²) >= 11 is 0. The number of carbonyl (C=O) groups is 2. The molecule has 1 aliphatic rings. The van der Waals surface area contributed by atoms with Gasteiger partial charge < -0.3 is 15.2 Å². The molecule has 1 amide bonds. The first kappa shape index (κ1) is 16.9. The van der Waals surface area contributed by atoms with Crippen LogP contribution in [-0.2, 0) is 4.74 Å². The molecule has 23 heavy (non-hydrogen) atoms. The summed E-state index contributed by atoms with van der Waals surface area (Å²) in [4.78, 5) is 33.0. The van der Waals surface area contributed by atoms with Crippen molar-refractivity contribution in [1.82, 2.24) is 5.32 Å². The smallest absolute Gasteiger partial charge is 0.335 e. The minimum atomic E-state index is -1.32. The molecular formula is C15H18N2O6. The first-order valence-corrected chi connectivity index (χ1v) is 7.36. The Morgan fingerprint density at radius 3 is 2.61 bits per heavy atom. The van der Waals surface area contributed by atoms with Gasteiger partial charge in [0.25, 0.3) is 11.6 Å². The van der Waals surface area contributed by atoms with Crippen LogP contribution in [0, 0.1) is 16.0 Å². The highest BCUT2D eigenvalue weighted by molar-refractivity contribution is 5.98. The van der Waals surface area contributed by atoms with Gasteiger partial charge in [0.2, 0.25) is 0 Å². The van der Waals surface area contributed by atoms with Gasteiger partial charge in [0.15, 0.2) is 0 Å².